The minimum Gasteiger partial charge on any atom is -0.454 e. The summed E-state index contributed by atoms with van der Waals surface area (Å²) in [6.07, 6.45) is 0. The molecule has 0 aliphatic carbocycles. The molecular formula is C27H27Cl2N3O5S. The number of carbonyl (C=O) groups is 1. The quantitative estimate of drug-likeness (QED) is 0.399. The molecule has 8 nitrogen and oxygen atoms in total. The lowest BCUT2D eigenvalue weighted by Gasteiger charge is -2.35. The third-order valence-electron chi connectivity index (χ3n) is 6.62. The first-order chi connectivity index (χ1) is 18.3. The third kappa shape index (κ3) is 6.08. The molecule has 0 spiro atoms. The number of fused-ring (bicyclic) bond motifs is 1. The number of halogens is 2. The Balaban J connectivity index is 1.26. The standard InChI is InChI=1S/C27H27Cl2N3O5S/c28-22-8-7-21(24(29)15-22)17-32(38(34,35)23-4-2-1-3-5-23)18-27(33)31-12-10-30(11-13-31)16-20-6-9-25-26(14-20)37-19-36-25/h1-9,14-15H,10-13,16-19H2. The Labute approximate surface area is 232 Å². The minimum atomic E-state index is -3.95. The molecule has 2 aliphatic rings. The Morgan fingerprint density at radius 3 is 2.37 bits per heavy atom. The molecule has 0 saturated carbocycles. The summed E-state index contributed by atoms with van der Waals surface area (Å²) < 4.78 is 39.1. The summed E-state index contributed by atoms with van der Waals surface area (Å²) >= 11 is 12.4. The van der Waals surface area contributed by atoms with Crippen LogP contribution in [0.3, 0.4) is 0 Å². The highest BCUT2D eigenvalue weighted by Gasteiger charge is 2.30. The average molecular weight is 577 g/mol. The van der Waals surface area contributed by atoms with Crippen LogP contribution in [0.25, 0.3) is 0 Å². The lowest BCUT2D eigenvalue weighted by atomic mass is 10.1. The maximum absolute atomic E-state index is 13.5. The number of sulfonamides is 1. The molecule has 38 heavy (non-hydrogen) atoms. The Morgan fingerprint density at radius 2 is 1.63 bits per heavy atom. The predicted molar refractivity (Wildman–Crippen MR) is 145 cm³/mol. The summed E-state index contributed by atoms with van der Waals surface area (Å²) in [7, 11) is -3.95. The summed E-state index contributed by atoms with van der Waals surface area (Å²) in [4.78, 5) is 17.4. The van der Waals surface area contributed by atoms with Gasteiger partial charge < -0.3 is 14.4 Å². The Kier molecular flexibility index (Phi) is 8.11. The molecule has 200 valence electrons. The van der Waals surface area contributed by atoms with Gasteiger partial charge in [-0.15, -0.1) is 0 Å². The second kappa shape index (κ2) is 11.5. The summed E-state index contributed by atoms with van der Waals surface area (Å²) in [6.45, 7) is 2.97. The highest BCUT2D eigenvalue weighted by Crippen LogP contribution is 2.33. The summed E-state index contributed by atoms with van der Waals surface area (Å²) in [5, 5.41) is 0.793. The number of hydrogen-bond donors (Lipinski definition) is 0. The van der Waals surface area contributed by atoms with Crippen molar-refractivity contribution in [3.8, 4) is 11.5 Å². The van der Waals surface area contributed by atoms with Crippen LogP contribution >= 0.6 is 23.2 Å². The molecule has 0 bridgehead atoms. The number of rotatable bonds is 8. The van der Waals surface area contributed by atoms with Crippen LogP contribution in [-0.4, -0.2) is 67.9 Å². The highest BCUT2D eigenvalue weighted by molar-refractivity contribution is 7.89. The first-order valence-electron chi connectivity index (χ1n) is 12.2. The second-order valence-electron chi connectivity index (χ2n) is 9.17. The van der Waals surface area contributed by atoms with Crippen molar-refractivity contribution in [3.05, 3.63) is 87.9 Å². The summed E-state index contributed by atoms with van der Waals surface area (Å²) in [6, 6.07) is 18.9. The van der Waals surface area contributed by atoms with Crippen LogP contribution in [0.2, 0.25) is 10.0 Å². The van der Waals surface area contributed by atoms with Crippen molar-refractivity contribution in [2.24, 2.45) is 0 Å². The molecule has 2 heterocycles. The van der Waals surface area contributed by atoms with E-state index in [-0.39, 0.29) is 30.7 Å². The fourth-order valence-electron chi connectivity index (χ4n) is 4.51. The fraction of sp³-hybridized carbons (Fsp3) is 0.296. The average Bonchev–Trinajstić information content (AvgIpc) is 3.38. The number of nitrogens with zero attached hydrogens (tertiary/aromatic N) is 3. The van der Waals surface area contributed by atoms with Gasteiger partial charge in [0.05, 0.1) is 11.4 Å². The van der Waals surface area contributed by atoms with Gasteiger partial charge >= 0.3 is 0 Å². The molecule has 0 N–H and O–H groups in total. The zero-order chi connectivity index (χ0) is 26.7. The van der Waals surface area contributed by atoms with E-state index in [9.17, 15) is 13.2 Å². The van der Waals surface area contributed by atoms with Crippen molar-refractivity contribution >= 4 is 39.1 Å². The normalized spacial score (nSPS) is 15.7. The lowest BCUT2D eigenvalue weighted by Crippen LogP contribution is -2.51. The second-order valence-corrected chi connectivity index (χ2v) is 11.9. The molecule has 1 saturated heterocycles. The van der Waals surface area contributed by atoms with Crippen LogP contribution in [0, 0.1) is 0 Å². The first kappa shape index (κ1) is 26.8. The lowest BCUT2D eigenvalue weighted by molar-refractivity contribution is -0.133. The van der Waals surface area contributed by atoms with E-state index in [1.54, 1.807) is 41.3 Å². The maximum Gasteiger partial charge on any atom is 0.243 e. The van der Waals surface area contributed by atoms with Crippen molar-refractivity contribution in [2.45, 2.75) is 18.0 Å². The van der Waals surface area contributed by atoms with Gasteiger partial charge in [0.1, 0.15) is 0 Å². The molecule has 0 aromatic heterocycles. The van der Waals surface area contributed by atoms with Crippen LogP contribution in [0.4, 0.5) is 0 Å². The van der Waals surface area contributed by atoms with Crippen molar-refractivity contribution in [2.75, 3.05) is 39.5 Å². The molecule has 3 aromatic rings. The molecule has 1 amide bonds. The van der Waals surface area contributed by atoms with Gasteiger partial charge in [0.2, 0.25) is 22.7 Å². The van der Waals surface area contributed by atoms with Gasteiger partial charge in [0, 0.05) is 49.3 Å². The molecule has 11 heteroatoms. The smallest absolute Gasteiger partial charge is 0.243 e. The molecule has 0 unspecified atom stereocenters. The number of ether oxygens (including phenoxy) is 2. The fourth-order valence-corrected chi connectivity index (χ4v) is 6.37. The number of carbonyl (C=O) groups excluding carboxylic acids is 1. The molecule has 5 rings (SSSR count). The Hall–Kier alpha value is -2.82. The largest absolute Gasteiger partial charge is 0.454 e. The molecular weight excluding hydrogens is 549 g/mol. The predicted octanol–water partition coefficient (Wildman–Crippen LogP) is 4.26. The van der Waals surface area contributed by atoms with Crippen molar-refractivity contribution < 1.29 is 22.7 Å². The van der Waals surface area contributed by atoms with Crippen molar-refractivity contribution in [1.82, 2.24) is 14.1 Å². The Bertz CT molecular complexity index is 1410. The third-order valence-corrected chi connectivity index (χ3v) is 9.02. The van der Waals surface area contributed by atoms with Crippen LogP contribution < -0.4 is 9.47 Å². The van der Waals surface area contributed by atoms with E-state index in [1.165, 1.54) is 16.4 Å². The molecule has 1 fully saturated rings. The minimum absolute atomic E-state index is 0.0525. The SMILES string of the molecule is O=C(CN(Cc1ccc(Cl)cc1Cl)S(=O)(=O)c1ccccc1)N1CCN(Cc2ccc3c(c2)OCO3)CC1. The zero-order valence-corrected chi connectivity index (χ0v) is 22.9. The van der Waals surface area contributed by atoms with Crippen molar-refractivity contribution in [3.63, 3.8) is 0 Å². The number of amides is 1. The topological polar surface area (TPSA) is 79.4 Å². The van der Waals surface area contributed by atoms with E-state index in [0.29, 0.717) is 41.8 Å². The molecule has 0 atom stereocenters. The number of piperazine rings is 1. The summed E-state index contributed by atoms with van der Waals surface area (Å²) in [5.74, 6) is 1.24. The van der Waals surface area contributed by atoms with E-state index in [1.807, 2.05) is 18.2 Å². The van der Waals surface area contributed by atoms with E-state index < -0.39 is 10.0 Å². The van der Waals surface area contributed by atoms with E-state index in [2.05, 4.69) is 4.90 Å². The van der Waals surface area contributed by atoms with E-state index in [0.717, 1.165) is 23.6 Å². The van der Waals surface area contributed by atoms with Gasteiger partial charge in [-0.25, -0.2) is 8.42 Å². The number of hydrogen-bond acceptors (Lipinski definition) is 6. The molecule has 2 aliphatic heterocycles. The highest BCUT2D eigenvalue weighted by atomic mass is 35.5. The van der Waals surface area contributed by atoms with Crippen molar-refractivity contribution in [1.29, 1.82) is 0 Å². The van der Waals surface area contributed by atoms with E-state index in [4.69, 9.17) is 32.7 Å². The van der Waals surface area contributed by atoms with Crippen LogP contribution in [0.5, 0.6) is 11.5 Å². The van der Waals surface area contributed by atoms with E-state index >= 15 is 0 Å². The molecule has 0 radical (unpaired) electrons. The first-order valence-corrected chi connectivity index (χ1v) is 14.4. The van der Waals surface area contributed by atoms with Gasteiger partial charge in [0.25, 0.3) is 0 Å². The summed E-state index contributed by atoms with van der Waals surface area (Å²) in [5.41, 5.74) is 1.67. The van der Waals surface area contributed by atoms with Gasteiger partial charge in [-0.1, -0.05) is 53.5 Å². The van der Waals surface area contributed by atoms with Gasteiger partial charge in [-0.3, -0.25) is 9.69 Å². The monoisotopic (exact) mass is 575 g/mol. The number of benzene rings is 3. The zero-order valence-electron chi connectivity index (χ0n) is 20.6. The van der Waals surface area contributed by atoms with Crippen LogP contribution in [0.15, 0.2) is 71.6 Å². The Morgan fingerprint density at radius 1 is 0.895 bits per heavy atom. The van der Waals surface area contributed by atoms with Gasteiger partial charge in [-0.2, -0.15) is 4.31 Å². The van der Waals surface area contributed by atoms with Gasteiger partial charge in [-0.05, 0) is 47.5 Å². The van der Waals surface area contributed by atoms with Crippen LogP contribution in [-0.2, 0) is 27.9 Å². The molecule has 3 aromatic carbocycles. The van der Waals surface area contributed by atoms with Crippen LogP contribution in [0.1, 0.15) is 11.1 Å². The maximum atomic E-state index is 13.5. The van der Waals surface area contributed by atoms with Gasteiger partial charge in [0.15, 0.2) is 11.5 Å².